The largest absolute Gasteiger partial charge is 0.386 e. The lowest BCUT2D eigenvalue weighted by molar-refractivity contribution is 0.255. The van der Waals surface area contributed by atoms with Crippen LogP contribution in [0.25, 0.3) is 5.57 Å². The number of hydrazone groups is 1. The monoisotopic (exact) mass is 384 g/mol. The second kappa shape index (κ2) is 9.46. The Morgan fingerprint density at radius 3 is 1.86 bits per heavy atom. The van der Waals surface area contributed by atoms with E-state index in [4.69, 9.17) is 11.6 Å². The van der Waals surface area contributed by atoms with Crippen molar-refractivity contribution in [2.75, 3.05) is 19.6 Å². The molecule has 0 radical (unpaired) electrons. The number of likely N-dealkylation sites (tertiary alicyclic amines) is 1. The van der Waals surface area contributed by atoms with Crippen LogP contribution in [-0.2, 0) is 0 Å². The first-order chi connectivity index (χ1) is 13.6. The molecule has 1 saturated heterocycles. The van der Waals surface area contributed by atoms with Crippen LogP contribution in [0.3, 0.4) is 0 Å². The molecule has 0 saturated carbocycles. The number of hydrogen-bond acceptors (Lipinski definition) is 3. The van der Waals surface area contributed by atoms with Crippen molar-refractivity contribution in [3.63, 3.8) is 0 Å². The SMILES string of the molecule is N/N=C(\N)CCCN1CCC(=C(c2ccc(F)cc2)c2ccc(F)cc2)CC1. The molecule has 0 aliphatic carbocycles. The third-order valence-electron chi connectivity index (χ3n) is 5.15. The minimum absolute atomic E-state index is 0.262. The summed E-state index contributed by atoms with van der Waals surface area (Å²) in [6.45, 7) is 2.84. The van der Waals surface area contributed by atoms with Crippen LogP contribution in [0.15, 0.2) is 59.2 Å². The van der Waals surface area contributed by atoms with Crippen LogP contribution in [0.5, 0.6) is 0 Å². The Kier molecular flexibility index (Phi) is 6.76. The summed E-state index contributed by atoms with van der Waals surface area (Å²) in [5, 5.41) is 3.50. The molecule has 2 aromatic carbocycles. The molecule has 4 nitrogen and oxygen atoms in total. The first-order valence-electron chi connectivity index (χ1n) is 9.55. The molecule has 1 aliphatic rings. The minimum Gasteiger partial charge on any atom is -0.386 e. The second-order valence-electron chi connectivity index (χ2n) is 7.06. The lowest BCUT2D eigenvalue weighted by Gasteiger charge is -2.30. The van der Waals surface area contributed by atoms with E-state index in [0.717, 1.165) is 55.6 Å². The fraction of sp³-hybridized carbons (Fsp3) is 0.318. The van der Waals surface area contributed by atoms with Crippen LogP contribution >= 0.6 is 0 Å². The maximum atomic E-state index is 13.4. The van der Waals surface area contributed by atoms with E-state index in [-0.39, 0.29) is 11.6 Å². The fourth-order valence-electron chi connectivity index (χ4n) is 3.65. The third kappa shape index (κ3) is 5.16. The number of hydrogen-bond donors (Lipinski definition) is 2. The molecule has 28 heavy (non-hydrogen) atoms. The van der Waals surface area contributed by atoms with Crippen LogP contribution in [0.4, 0.5) is 8.78 Å². The predicted octanol–water partition coefficient (Wildman–Crippen LogP) is 3.87. The highest BCUT2D eigenvalue weighted by atomic mass is 19.1. The Bertz CT molecular complexity index is 784. The van der Waals surface area contributed by atoms with E-state index in [1.54, 1.807) is 24.3 Å². The molecule has 0 spiro atoms. The molecule has 148 valence electrons. The van der Waals surface area contributed by atoms with Gasteiger partial charge >= 0.3 is 0 Å². The molecule has 1 heterocycles. The fourth-order valence-corrected chi connectivity index (χ4v) is 3.65. The Morgan fingerprint density at radius 1 is 0.893 bits per heavy atom. The van der Waals surface area contributed by atoms with Gasteiger partial charge in [-0.15, -0.1) is 0 Å². The van der Waals surface area contributed by atoms with Crippen LogP contribution in [0.2, 0.25) is 0 Å². The van der Waals surface area contributed by atoms with E-state index in [1.807, 2.05) is 0 Å². The highest BCUT2D eigenvalue weighted by molar-refractivity contribution is 5.82. The number of amidine groups is 1. The lowest BCUT2D eigenvalue weighted by atomic mass is 9.88. The lowest BCUT2D eigenvalue weighted by Crippen LogP contribution is -2.32. The summed E-state index contributed by atoms with van der Waals surface area (Å²) in [5.74, 6) is 5.12. The van der Waals surface area contributed by atoms with E-state index in [1.165, 1.54) is 29.8 Å². The summed E-state index contributed by atoms with van der Waals surface area (Å²) in [4.78, 5) is 2.40. The first-order valence-corrected chi connectivity index (χ1v) is 9.55. The van der Waals surface area contributed by atoms with E-state index >= 15 is 0 Å². The predicted molar refractivity (Wildman–Crippen MR) is 110 cm³/mol. The molecule has 4 N–H and O–H groups in total. The Hall–Kier alpha value is -2.73. The Balaban J connectivity index is 1.78. The van der Waals surface area contributed by atoms with Crippen molar-refractivity contribution in [3.8, 4) is 0 Å². The number of benzene rings is 2. The van der Waals surface area contributed by atoms with Gasteiger partial charge in [-0.25, -0.2) is 8.78 Å². The molecule has 6 heteroatoms. The van der Waals surface area contributed by atoms with Gasteiger partial charge in [0.2, 0.25) is 0 Å². The highest BCUT2D eigenvalue weighted by Gasteiger charge is 2.19. The summed E-state index contributed by atoms with van der Waals surface area (Å²) in [6, 6.07) is 13.1. The molecule has 0 bridgehead atoms. The zero-order chi connectivity index (χ0) is 19.9. The average Bonchev–Trinajstić information content (AvgIpc) is 2.72. The molecular weight excluding hydrogens is 358 g/mol. The molecule has 0 aromatic heterocycles. The molecule has 1 fully saturated rings. The van der Waals surface area contributed by atoms with Gasteiger partial charge in [0, 0.05) is 19.5 Å². The smallest absolute Gasteiger partial charge is 0.123 e. The van der Waals surface area contributed by atoms with Crippen molar-refractivity contribution in [1.82, 2.24) is 4.90 Å². The summed E-state index contributed by atoms with van der Waals surface area (Å²) in [6.07, 6.45) is 3.47. The van der Waals surface area contributed by atoms with Gasteiger partial charge in [-0.2, -0.15) is 5.10 Å². The standard InChI is InChI=1S/C22H26F2N4/c23-19-7-3-16(4-8-19)22(17-5-9-20(24)10-6-17)18-11-14-28(15-12-18)13-1-2-21(25)27-26/h3-10H,1-2,11-15,26H2,(H2,25,27). The van der Waals surface area contributed by atoms with Gasteiger partial charge in [0.05, 0.1) is 0 Å². The zero-order valence-electron chi connectivity index (χ0n) is 15.9. The molecule has 0 unspecified atom stereocenters. The van der Waals surface area contributed by atoms with Gasteiger partial charge in [-0.1, -0.05) is 29.8 Å². The van der Waals surface area contributed by atoms with Gasteiger partial charge in [0.25, 0.3) is 0 Å². The third-order valence-corrected chi connectivity index (χ3v) is 5.15. The number of piperidine rings is 1. The maximum absolute atomic E-state index is 13.4. The van der Waals surface area contributed by atoms with Crippen molar-refractivity contribution in [3.05, 3.63) is 76.9 Å². The summed E-state index contributed by atoms with van der Waals surface area (Å²) in [5.41, 5.74) is 9.97. The molecule has 3 rings (SSSR count). The average molecular weight is 384 g/mol. The Morgan fingerprint density at radius 2 is 1.39 bits per heavy atom. The van der Waals surface area contributed by atoms with Crippen LogP contribution in [-0.4, -0.2) is 30.4 Å². The first kappa shape index (κ1) is 20.0. The topological polar surface area (TPSA) is 67.6 Å². The van der Waals surface area contributed by atoms with Gasteiger partial charge < -0.3 is 16.5 Å². The summed E-state index contributed by atoms with van der Waals surface area (Å²) >= 11 is 0. The highest BCUT2D eigenvalue weighted by Crippen LogP contribution is 2.32. The quantitative estimate of drug-likeness (QED) is 0.344. The minimum atomic E-state index is -0.262. The van der Waals surface area contributed by atoms with Crippen molar-refractivity contribution in [1.29, 1.82) is 0 Å². The van der Waals surface area contributed by atoms with Gasteiger partial charge in [0.15, 0.2) is 0 Å². The Labute approximate surface area is 164 Å². The second-order valence-corrected chi connectivity index (χ2v) is 7.06. The normalized spacial score (nSPS) is 15.6. The van der Waals surface area contributed by atoms with Crippen molar-refractivity contribution in [2.45, 2.75) is 25.7 Å². The number of halogens is 2. The molecule has 0 atom stereocenters. The molecule has 2 aromatic rings. The zero-order valence-corrected chi connectivity index (χ0v) is 15.9. The van der Waals surface area contributed by atoms with Crippen LogP contribution in [0, 0.1) is 11.6 Å². The van der Waals surface area contributed by atoms with Crippen LogP contribution < -0.4 is 11.6 Å². The van der Waals surface area contributed by atoms with E-state index in [0.29, 0.717) is 12.3 Å². The van der Waals surface area contributed by atoms with E-state index in [9.17, 15) is 8.78 Å². The van der Waals surface area contributed by atoms with Crippen molar-refractivity contribution < 1.29 is 8.78 Å². The van der Waals surface area contributed by atoms with Crippen molar-refractivity contribution >= 4 is 11.4 Å². The number of rotatable bonds is 6. The van der Waals surface area contributed by atoms with Gasteiger partial charge in [-0.3, -0.25) is 0 Å². The summed E-state index contributed by atoms with van der Waals surface area (Å²) in [7, 11) is 0. The molecular formula is C22H26F2N4. The molecule has 1 aliphatic heterocycles. The number of nitrogens with two attached hydrogens (primary N) is 2. The molecule has 0 amide bonds. The number of nitrogens with zero attached hydrogens (tertiary/aromatic N) is 2. The van der Waals surface area contributed by atoms with E-state index < -0.39 is 0 Å². The van der Waals surface area contributed by atoms with E-state index in [2.05, 4.69) is 10.0 Å². The van der Waals surface area contributed by atoms with Crippen molar-refractivity contribution in [2.24, 2.45) is 16.7 Å². The van der Waals surface area contributed by atoms with Crippen LogP contribution in [0.1, 0.15) is 36.8 Å². The maximum Gasteiger partial charge on any atom is 0.123 e. The summed E-state index contributed by atoms with van der Waals surface area (Å²) < 4.78 is 26.8. The van der Waals surface area contributed by atoms with Gasteiger partial charge in [-0.05, 0) is 66.8 Å². The van der Waals surface area contributed by atoms with Gasteiger partial charge in [0.1, 0.15) is 17.5 Å².